The van der Waals surface area contributed by atoms with Crippen LogP contribution in [0.5, 0.6) is 5.75 Å². The molecule has 0 aliphatic rings. The first kappa shape index (κ1) is 18.0. The molecule has 0 aliphatic heterocycles. The summed E-state index contributed by atoms with van der Waals surface area (Å²) in [6, 6.07) is 17.4. The average molecular weight is 327 g/mol. The molecule has 24 heavy (non-hydrogen) atoms. The minimum atomic E-state index is -0.808. The van der Waals surface area contributed by atoms with Crippen molar-refractivity contribution in [2.75, 3.05) is 11.9 Å². The lowest BCUT2D eigenvalue weighted by Gasteiger charge is -2.26. The highest BCUT2D eigenvalue weighted by Gasteiger charge is 2.31. The summed E-state index contributed by atoms with van der Waals surface area (Å²) in [7, 11) is 0. The predicted octanol–water partition coefficient (Wildman–Crippen LogP) is 4.41. The van der Waals surface area contributed by atoms with Gasteiger partial charge in [-0.3, -0.25) is 4.79 Å². The fourth-order valence-corrected chi connectivity index (χ4v) is 2.29. The first-order valence-electron chi connectivity index (χ1n) is 8.29. The normalized spacial score (nSPS) is 13.1. The third-order valence-corrected chi connectivity index (χ3v) is 3.98. The van der Waals surface area contributed by atoms with Crippen molar-refractivity contribution >= 4 is 11.6 Å². The van der Waals surface area contributed by atoms with Crippen LogP contribution in [0.25, 0.3) is 0 Å². The molecule has 0 radical (unpaired) electrons. The maximum Gasteiger partial charge on any atom is 0.256 e. The predicted molar refractivity (Wildman–Crippen MR) is 96.2 cm³/mol. The summed E-state index contributed by atoms with van der Waals surface area (Å²) in [6.45, 7) is 6.66. The molecule has 2 aromatic rings. The van der Waals surface area contributed by atoms with Gasteiger partial charge in [-0.1, -0.05) is 37.3 Å². The number of hydrogen-bond acceptors (Lipinski definition) is 3. The highest BCUT2D eigenvalue weighted by atomic mass is 16.5. The highest BCUT2D eigenvalue weighted by Crippen LogP contribution is 2.21. The average Bonchev–Trinajstić information content (AvgIpc) is 2.62. The molecule has 4 heteroatoms. The van der Waals surface area contributed by atoms with Gasteiger partial charge in [0, 0.05) is 12.3 Å². The quantitative estimate of drug-likeness (QED) is 0.781. The number of carbonyl (C=O) groups excluding carboxylic acids is 1. The Kier molecular flexibility index (Phi) is 6.38. The third-order valence-electron chi connectivity index (χ3n) is 3.98. The van der Waals surface area contributed by atoms with Gasteiger partial charge in [-0.15, -0.1) is 0 Å². The van der Waals surface area contributed by atoms with Crippen LogP contribution in [-0.2, 0) is 16.1 Å². The molecular weight excluding hydrogens is 302 g/mol. The second kappa shape index (κ2) is 8.50. The maximum atomic E-state index is 12.4. The molecule has 0 unspecified atom stereocenters. The van der Waals surface area contributed by atoms with Gasteiger partial charge in [0.1, 0.15) is 18.0 Å². The molecule has 0 saturated carbocycles. The molecule has 2 aromatic carbocycles. The Balaban J connectivity index is 1.93. The van der Waals surface area contributed by atoms with E-state index in [-0.39, 0.29) is 5.91 Å². The molecule has 0 heterocycles. The number of benzene rings is 2. The van der Waals surface area contributed by atoms with Crippen LogP contribution in [0.1, 0.15) is 32.8 Å². The summed E-state index contributed by atoms with van der Waals surface area (Å²) in [4.78, 5) is 12.4. The Labute approximate surface area is 143 Å². The second-order valence-electron chi connectivity index (χ2n) is 5.77. The van der Waals surface area contributed by atoms with Gasteiger partial charge in [0.25, 0.3) is 5.91 Å². The number of hydrogen-bond donors (Lipinski definition) is 1. The van der Waals surface area contributed by atoms with Crippen LogP contribution in [0, 0.1) is 0 Å². The molecule has 0 fully saturated rings. The molecule has 1 amide bonds. The van der Waals surface area contributed by atoms with Crippen molar-refractivity contribution in [3.63, 3.8) is 0 Å². The van der Waals surface area contributed by atoms with Gasteiger partial charge in [0.15, 0.2) is 0 Å². The SMILES string of the molecule is CCO[C@@](C)(CC)C(=O)Nc1ccc(OCc2ccccc2)cc1. The molecule has 0 aliphatic carbocycles. The van der Waals surface area contributed by atoms with Crippen molar-refractivity contribution in [2.45, 2.75) is 39.4 Å². The zero-order chi connectivity index (χ0) is 17.4. The van der Waals surface area contributed by atoms with Crippen LogP contribution in [-0.4, -0.2) is 18.1 Å². The number of ether oxygens (including phenoxy) is 2. The van der Waals surface area contributed by atoms with Crippen LogP contribution in [0.3, 0.4) is 0 Å². The summed E-state index contributed by atoms with van der Waals surface area (Å²) in [5.41, 5.74) is 1.04. The van der Waals surface area contributed by atoms with Gasteiger partial charge in [0.2, 0.25) is 0 Å². The largest absolute Gasteiger partial charge is 0.489 e. The Hall–Kier alpha value is -2.33. The number of amides is 1. The van der Waals surface area contributed by atoms with E-state index in [1.165, 1.54) is 0 Å². The topological polar surface area (TPSA) is 47.6 Å². The minimum Gasteiger partial charge on any atom is -0.489 e. The van der Waals surface area contributed by atoms with E-state index in [9.17, 15) is 4.79 Å². The summed E-state index contributed by atoms with van der Waals surface area (Å²) < 4.78 is 11.3. The third kappa shape index (κ3) is 4.83. The molecular formula is C20H25NO3. The Morgan fingerprint density at radius 2 is 1.71 bits per heavy atom. The summed E-state index contributed by atoms with van der Waals surface area (Å²) >= 11 is 0. The van der Waals surface area contributed by atoms with E-state index in [1.54, 1.807) is 0 Å². The van der Waals surface area contributed by atoms with Gasteiger partial charge in [-0.05, 0) is 50.1 Å². The first-order valence-corrected chi connectivity index (χ1v) is 8.29. The Morgan fingerprint density at radius 1 is 1.04 bits per heavy atom. The van der Waals surface area contributed by atoms with Gasteiger partial charge in [-0.25, -0.2) is 0 Å². The number of anilines is 1. The van der Waals surface area contributed by atoms with Gasteiger partial charge >= 0.3 is 0 Å². The number of rotatable bonds is 8. The van der Waals surface area contributed by atoms with Crippen molar-refractivity contribution in [3.8, 4) is 5.75 Å². The van der Waals surface area contributed by atoms with Crippen LogP contribution >= 0.6 is 0 Å². The van der Waals surface area contributed by atoms with Crippen LogP contribution in [0.2, 0.25) is 0 Å². The van der Waals surface area contributed by atoms with Gasteiger partial charge < -0.3 is 14.8 Å². The first-order chi connectivity index (χ1) is 11.6. The highest BCUT2D eigenvalue weighted by molar-refractivity contribution is 5.97. The molecule has 0 spiro atoms. The van der Waals surface area contributed by atoms with E-state index in [0.29, 0.717) is 19.6 Å². The van der Waals surface area contributed by atoms with Crippen molar-refractivity contribution < 1.29 is 14.3 Å². The van der Waals surface area contributed by atoms with Gasteiger partial charge in [-0.2, -0.15) is 0 Å². The van der Waals surface area contributed by atoms with E-state index in [2.05, 4.69) is 5.32 Å². The zero-order valence-electron chi connectivity index (χ0n) is 14.5. The molecule has 1 N–H and O–H groups in total. The standard InChI is InChI=1S/C20H25NO3/c1-4-20(3,24-5-2)19(22)21-17-11-13-18(14-12-17)23-15-16-9-7-6-8-10-16/h6-14H,4-5,15H2,1-3H3,(H,21,22)/t20-/m0/s1. The lowest BCUT2D eigenvalue weighted by molar-refractivity contribution is -0.139. The van der Waals surface area contributed by atoms with E-state index in [4.69, 9.17) is 9.47 Å². The second-order valence-corrected chi connectivity index (χ2v) is 5.77. The lowest BCUT2D eigenvalue weighted by atomic mass is 10.0. The van der Waals surface area contributed by atoms with E-state index in [0.717, 1.165) is 17.0 Å². The lowest BCUT2D eigenvalue weighted by Crippen LogP contribution is -2.42. The van der Waals surface area contributed by atoms with E-state index < -0.39 is 5.60 Å². The molecule has 2 rings (SSSR count). The summed E-state index contributed by atoms with van der Waals surface area (Å²) in [5.74, 6) is 0.629. The molecule has 0 saturated heterocycles. The zero-order valence-corrected chi connectivity index (χ0v) is 14.5. The summed E-state index contributed by atoms with van der Waals surface area (Å²) in [6.07, 6.45) is 0.616. The van der Waals surface area contributed by atoms with Crippen molar-refractivity contribution in [3.05, 3.63) is 60.2 Å². The molecule has 1 atom stereocenters. The fraction of sp³-hybridized carbons (Fsp3) is 0.350. The van der Waals surface area contributed by atoms with Crippen molar-refractivity contribution in [2.24, 2.45) is 0 Å². The minimum absolute atomic E-state index is 0.134. The Morgan fingerprint density at radius 3 is 2.29 bits per heavy atom. The molecule has 128 valence electrons. The van der Waals surface area contributed by atoms with Crippen LogP contribution in [0.15, 0.2) is 54.6 Å². The smallest absolute Gasteiger partial charge is 0.256 e. The molecule has 0 aromatic heterocycles. The number of nitrogens with one attached hydrogen (secondary N) is 1. The summed E-state index contributed by atoms with van der Waals surface area (Å²) in [5, 5.41) is 2.90. The van der Waals surface area contributed by atoms with Crippen LogP contribution < -0.4 is 10.1 Å². The molecule has 4 nitrogen and oxygen atoms in total. The Bertz CT molecular complexity index is 640. The monoisotopic (exact) mass is 327 g/mol. The van der Waals surface area contributed by atoms with Crippen LogP contribution in [0.4, 0.5) is 5.69 Å². The van der Waals surface area contributed by atoms with Crippen molar-refractivity contribution in [1.82, 2.24) is 0 Å². The number of carbonyl (C=O) groups is 1. The molecule has 0 bridgehead atoms. The fourth-order valence-electron chi connectivity index (χ4n) is 2.29. The van der Waals surface area contributed by atoms with Gasteiger partial charge in [0.05, 0.1) is 0 Å². The maximum absolute atomic E-state index is 12.4. The van der Waals surface area contributed by atoms with Crippen molar-refractivity contribution in [1.29, 1.82) is 0 Å². The van der Waals surface area contributed by atoms with E-state index in [1.807, 2.05) is 75.4 Å². The van der Waals surface area contributed by atoms with E-state index >= 15 is 0 Å².